The van der Waals surface area contributed by atoms with E-state index < -0.39 is 0 Å². The molecule has 1 aromatic heterocycles. The fourth-order valence-corrected chi connectivity index (χ4v) is 4.17. The number of pyridine rings is 1. The van der Waals surface area contributed by atoms with Gasteiger partial charge in [-0.2, -0.15) is 0 Å². The summed E-state index contributed by atoms with van der Waals surface area (Å²) in [6.07, 6.45) is 2.48. The van der Waals surface area contributed by atoms with Crippen molar-refractivity contribution >= 4 is 28.2 Å². The summed E-state index contributed by atoms with van der Waals surface area (Å²) >= 11 is 0. The molecule has 2 heterocycles. The van der Waals surface area contributed by atoms with Crippen LogP contribution in [0.3, 0.4) is 0 Å². The molecule has 1 N–H and O–H groups in total. The number of fused-ring (bicyclic) bond motifs is 1. The van der Waals surface area contributed by atoms with Gasteiger partial charge in [-0.1, -0.05) is 36.4 Å². The highest BCUT2D eigenvalue weighted by Crippen LogP contribution is 2.31. The molecule has 32 heavy (non-hydrogen) atoms. The Kier molecular flexibility index (Phi) is 7.07. The van der Waals surface area contributed by atoms with E-state index in [2.05, 4.69) is 21.2 Å². The Labute approximate surface area is 188 Å². The van der Waals surface area contributed by atoms with E-state index >= 15 is 0 Å². The number of carbonyl (C=O) groups is 1. The van der Waals surface area contributed by atoms with Gasteiger partial charge >= 0.3 is 0 Å². The summed E-state index contributed by atoms with van der Waals surface area (Å²) < 4.78 is 10.6. The number of nitrogens with zero attached hydrogens (tertiary/aromatic N) is 3. The van der Waals surface area contributed by atoms with Crippen molar-refractivity contribution in [2.75, 3.05) is 63.4 Å². The largest absolute Gasteiger partial charge is 0.495 e. The van der Waals surface area contributed by atoms with Crippen LogP contribution in [-0.2, 0) is 4.74 Å². The van der Waals surface area contributed by atoms with Crippen LogP contribution in [0.5, 0.6) is 5.75 Å². The maximum Gasteiger partial charge on any atom is 0.253 e. The monoisotopic (exact) mass is 434 g/mol. The predicted octanol–water partition coefficient (Wildman–Crippen LogP) is 3.34. The minimum atomic E-state index is -0.0997. The summed E-state index contributed by atoms with van der Waals surface area (Å²) in [5.41, 5.74) is 1.72. The lowest BCUT2D eigenvalue weighted by molar-refractivity contribution is 0.0950. The predicted molar refractivity (Wildman–Crippen MR) is 128 cm³/mol. The van der Waals surface area contributed by atoms with Crippen molar-refractivity contribution in [2.24, 2.45) is 0 Å². The maximum absolute atomic E-state index is 12.7. The molecule has 1 fully saturated rings. The van der Waals surface area contributed by atoms with Gasteiger partial charge in [-0.25, -0.2) is 4.98 Å². The molecule has 0 spiro atoms. The molecule has 0 radical (unpaired) electrons. The van der Waals surface area contributed by atoms with Crippen LogP contribution < -0.4 is 19.9 Å². The quantitative estimate of drug-likeness (QED) is 0.549. The number of hydrogen-bond acceptors (Lipinski definition) is 6. The van der Waals surface area contributed by atoms with Gasteiger partial charge in [0.25, 0.3) is 5.91 Å². The van der Waals surface area contributed by atoms with E-state index in [1.54, 1.807) is 20.4 Å². The second-order valence-corrected chi connectivity index (χ2v) is 7.79. The zero-order valence-corrected chi connectivity index (χ0v) is 18.7. The van der Waals surface area contributed by atoms with Crippen molar-refractivity contribution < 1.29 is 14.3 Å². The van der Waals surface area contributed by atoms with Crippen LogP contribution in [0.1, 0.15) is 16.8 Å². The third-order valence-electron chi connectivity index (χ3n) is 5.83. The van der Waals surface area contributed by atoms with E-state index in [9.17, 15) is 4.79 Å². The van der Waals surface area contributed by atoms with Gasteiger partial charge in [0.15, 0.2) is 0 Å². The first-order valence-corrected chi connectivity index (χ1v) is 11.0. The molecule has 0 atom stereocenters. The third-order valence-corrected chi connectivity index (χ3v) is 5.83. The highest BCUT2D eigenvalue weighted by molar-refractivity contribution is 6.09. The smallest absolute Gasteiger partial charge is 0.253 e. The minimum Gasteiger partial charge on any atom is -0.495 e. The molecule has 2 aromatic carbocycles. The average Bonchev–Trinajstić information content (AvgIpc) is 2.86. The van der Waals surface area contributed by atoms with Gasteiger partial charge < -0.3 is 24.6 Å². The summed E-state index contributed by atoms with van der Waals surface area (Å²) in [6, 6.07) is 16.1. The number of rotatable bonds is 8. The molecule has 168 valence electrons. The number of ether oxygens (including phenoxy) is 2. The molecule has 0 unspecified atom stereocenters. The second kappa shape index (κ2) is 10.3. The molecule has 0 aliphatic carbocycles. The number of hydrogen-bond donors (Lipinski definition) is 1. The van der Waals surface area contributed by atoms with E-state index in [-0.39, 0.29) is 5.91 Å². The molecular formula is C25H30N4O3. The number of aromatic nitrogens is 1. The van der Waals surface area contributed by atoms with Crippen molar-refractivity contribution in [3.63, 3.8) is 0 Å². The van der Waals surface area contributed by atoms with E-state index in [0.717, 1.165) is 60.6 Å². The summed E-state index contributed by atoms with van der Waals surface area (Å²) in [4.78, 5) is 22.1. The topological polar surface area (TPSA) is 66.9 Å². The van der Waals surface area contributed by atoms with E-state index in [0.29, 0.717) is 18.7 Å². The minimum absolute atomic E-state index is 0.0997. The zero-order valence-electron chi connectivity index (χ0n) is 18.7. The van der Waals surface area contributed by atoms with Gasteiger partial charge in [0.1, 0.15) is 11.6 Å². The first kappa shape index (κ1) is 21.9. The average molecular weight is 435 g/mol. The van der Waals surface area contributed by atoms with Crippen LogP contribution >= 0.6 is 0 Å². The molecule has 1 aliphatic heterocycles. The number of amides is 1. The zero-order chi connectivity index (χ0) is 22.3. The van der Waals surface area contributed by atoms with Crippen LogP contribution in [0.4, 0.5) is 11.5 Å². The number of nitrogens with one attached hydrogen (secondary N) is 1. The summed E-state index contributed by atoms with van der Waals surface area (Å²) in [6.45, 7) is 4.64. The molecule has 0 bridgehead atoms. The molecule has 3 aromatic rings. The van der Waals surface area contributed by atoms with Crippen molar-refractivity contribution in [3.8, 4) is 5.75 Å². The van der Waals surface area contributed by atoms with Gasteiger partial charge in [-0.05, 0) is 23.9 Å². The highest BCUT2D eigenvalue weighted by Gasteiger charge is 2.23. The normalized spacial score (nSPS) is 13.9. The Morgan fingerprint density at radius 3 is 2.41 bits per heavy atom. The van der Waals surface area contributed by atoms with Crippen LogP contribution in [0.15, 0.2) is 54.7 Å². The van der Waals surface area contributed by atoms with Gasteiger partial charge in [0.2, 0.25) is 0 Å². The SMILES string of the molecule is COCCCNC(=O)c1cnc(N2CCN(c3ccccc3OC)CC2)c2ccccc12. The number of piperazine rings is 1. The molecule has 7 nitrogen and oxygen atoms in total. The summed E-state index contributed by atoms with van der Waals surface area (Å²) in [5.74, 6) is 1.72. The molecule has 1 amide bonds. The Balaban J connectivity index is 1.51. The second-order valence-electron chi connectivity index (χ2n) is 7.79. The standard InChI is InChI=1S/C25H30N4O3/c1-31-17-7-12-26-25(30)21-18-27-24(20-9-4-3-8-19(20)21)29-15-13-28(14-16-29)22-10-5-6-11-23(22)32-2/h3-6,8-11,18H,7,12-17H2,1-2H3,(H,26,30). The van der Waals surface area contributed by atoms with E-state index in [1.165, 1.54) is 0 Å². The molecule has 1 aliphatic rings. The van der Waals surface area contributed by atoms with Gasteiger partial charge in [-0.3, -0.25) is 4.79 Å². The number of carbonyl (C=O) groups excluding carboxylic acids is 1. The molecule has 1 saturated heterocycles. The number of methoxy groups -OCH3 is 2. The Bertz CT molecular complexity index is 1060. The van der Waals surface area contributed by atoms with Crippen molar-refractivity contribution in [2.45, 2.75) is 6.42 Å². The molecular weight excluding hydrogens is 404 g/mol. The fraction of sp³-hybridized carbons (Fsp3) is 0.360. The molecule has 0 saturated carbocycles. The first-order valence-electron chi connectivity index (χ1n) is 11.0. The van der Waals surface area contributed by atoms with Gasteiger partial charge in [0, 0.05) is 58.0 Å². The van der Waals surface area contributed by atoms with E-state index in [4.69, 9.17) is 14.5 Å². The van der Waals surface area contributed by atoms with Crippen molar-refractivity contribution in [1.29, 1.82) is 0 Å². The van der Waals surface area contributed by atoms with Gasteiger partial charge in [0.05, 0.1) is 18.4 Å². The number of anilines is 2. The van der Waals surface area contributed by atoms with Crippen molar-refractivity contribution in [1.82, 2.24) is 10.3 Å². The van der Waals surface area contributed by atoms with Crippen LogP contribution in [-0.4, -0.2) is 64.4 Å². The molecule has 4 rings (SSSR count). The lowest BCUT2D eigenvalue weighted by atomic mass is 10.1. The van der Waals surface area contributed by atoms with E-state index in [1.807, 2.05) is 42.5 Å². The number of para-hydroxylation sites is 2. The maximum atomic E-state index is 12.7. The van der Waals surface area contributed by atoms with Crippen LogP contribution in [0, 0.1) is 0 Å². The Morgan fingerprint density at radius 1 is 0.969 bits per heavy atom. The van der Waals surface area contributed by atoms with Crippen molar-refractivity contribution in [3.05, 3.63) is 60.3 Å². The lowest BCUT2D eigenvalue weighted by Gasteiger charge is -2.37. The molecule has 7 heteroatoms. The number of benzene rings is 2. The summed E-state index contributed by atoms with van der Waals surface area (Å²) in [7, 11) is 3.37. The first-order chi connectivity index (χ1) is 15.7. The third kappa shape index (κ3) is 4.62. The summed E-state index contributed by atoms with van der Waals surface area (Å²) in [5, 5.41) is 4.90. The Hall–Kier alpha value is -3.32. The Morgan fingerprint density at radius 2 is 1.66 bits per heavy atom. The highest BCUT2D eigenvalue weighted by atomic mass is 16.5. The fourth-order valence-electron chi connectivity index (χ4n) is 4.17. The lowest BCUT2D eigenvalue weighted by Crippen LogP contribution is -2.47. The van der Waals surface area contributed by atoms with Gasteiger partial charge in [-0.15, -0.1) is 0 Å². The van der Waals surface area contributed by atoms with Crippen LogP contribution in [0.2, 0.25) is 0 Å². The van der Waals surface area contributed by atoms with Crippen LogP contribution in [0.25, 0.3) is 10.8 Å².